The third kappa shape index (κ3) is 3.48. The van der Waals surface area contributed by atoms with E-state index in [9.17, 15) is 4.79 Å². The van der Waals surface area contributed by atoms with Gasteiger partial charge in [0.2, 0.25) is 5.91 Å². The molecule has 4 nitrogen and oxygen atoms in total. The van der Waals surface area contributed by atoms with Crippen molar-refractivity contribution in [2.24, 2.45) is 11.7 Å². The zero-order valence-corrected chi connectivity index (χ0v) is 12.5. The molecule has 0 aromatic rings. The second-order valence-corrected chi connectivity index (χ2v) is 6.21. The first-order valence-corrected chi connectivity index (χ1v) is 7.92. The van der Waals surface area contributed by atoms with E-state index >= 15 is 0 Å². The molecule has 1 aliphatic carbocycles. The highest BCUT2D eigenvalue weighted by molar-refractivity contribution is 5.82. The zero-order chi connectivity index (χ0) is 13.8. The van der Waals surface area contributed by atoms with E-state index in [4.69, 9.17) is 5.73 Å². The lowest BCUT2D eigenvalue weighted by Crippen LogP contribution is -2.55. The molecule has 0 aromatic carbocycles. The molecular formula is C15H29N3O. The van der Waals surface area contributed by atoms with Gasteiger partial charge in [0, 0.05) is 32.2 Å². The minimum atomic E-state index is -0.317. The predicted octanol–water partition coefficient (Wildman–Crippen LogP) is 1.45. The highest BCUT2D eigenvalue weighted by Crippen LogP contribution is 2.24. The van der Waals surface area contributed by atoms with Gasteiger partial charge in [-0.3, -0.25) is 9.69 Å². The summed E-state index contributed by atoms with van der Waals surface area (Å²) in [6.45, 7) is 7.94. The number of carbonyl (C=O) groups excluding carboxylic acids is 1. The molecule has 0 bridgehead atoms. The molecule has 1 aliphatic heterocycles. The Labute approximate surface area is 117 Å². The lowest BCUT2D eigenvalue weighted by atomic mass is 9.98. The number of nitrogens with two attached hydrogens (primary N) is 1. The van der Waals surface area contributed by atoms with Crippen LogP contribution in [0.1, 0.15) is 46.0 Å². The smallest absolute Gasteiger partial charge is 0.239 e. The van der Waals surface area contributed by atoms with Gasteiger partial charge in [0.25, 0.3) is 0 Å². The molecule has 0 spiro atoms. The van der Waals surface area contributed by atoms with Crippen molar-refractivity contribution >= 4 is 5.91 Å². The van der Waals surface area contributed by atoms with E-state index in [1.54, 1.807) is 0 Å². The molecule has 0 radical (unpaired) electrons. The zero-order valence-electron chi connectivity index (χ0n) is 12.5. The van der Waals surface area contributed by atoms with Crippen molar-refractivity contribution in [3.63, 3.8) is 0 Å². The summed E-state index contributed by atoms with van der Waals surface area (Å²) in [5.74, 6) is 0.431. The normalized spacial score (nSPS) is 25.5. The van der Waals surface area contributed by atoms with Crippen molar-refractivity contribution in [3.05, 3.63) is 0 Å². The molecular weight excluding hydrogens is 238 g/mol. The number of carbonyl (C=O) groups is 1. The Balaban J connectivity index is 1.80. The SMILES string of the molecule is CCC(C)C(N)C(=O)N1CCN(C2CCCC2)CC1. The maximum absolute atomic E-state index is 12.3. The highest BCUT2D eigenvalue weighted by atomic mass is 16.2. The van der Waals surface area contributed by atoms with Crippen LogP contribution in [0.25, 0.3) is 0 Å². The minimum absolute atomic E-state index is 0.153. The van der Waals surface area contributed by atoms with Gasteiger partial charge in [0.15, 0.2) is 0 Å². The first-order valence-electron chi connectivity index (χ1n) is 7.92. The average molecular weight is 267 g/mol. The number of hydrogen-bond acceptors (Lipinski definition) is 3. The summed E-state index contributed by atoms with van der Waals surface area (Å²) in [7, 11) is 0. The third-order valence-electron chi connectivity index (χ3n) is 5.01. The van der Waals surface area contributed by atoms with E-state index < -0.39 is 0 Å². The number of rotatable bonds is 4. The Morgan fingerprint density at radius 2 is 1.79 bits per heavy atom. The number of amides is 1. The van der Waals surface area contributed by atoms with Gasteiger partial charge < -0.3 is 10.6 Å². The maximum Gasteiger partial charge on any atom is 0.239 e. The molecule has 0 aromatic heterocycles. The van der Waals surface area contributed by atoms with Crippen LogP contribution < -0.4 is 5.73 Å². The minimum Gasteiger partial charge on any atom is -0.339 e. The van der Waals surface area contributed by atoms with Gasteiger partial charge in [-0.25, -0.2) is 0 Å². The van der Waals surface area contributed by atoms with Crippen LogP contribution in [0.15, 0.2) is 0 Å². The van der Waals surface area contributed by atoms with Crippen molar-refractivity contribution in [1.29, 1.82) is 0 Å². The highest BCUT2D eigenvalue weighted by Gasteiger charge is 2.30. The largest absolute Gasteiger partial charge is 0.339 e. The molecule has 19 heavy (non-hydrogen) atoms. The molecule has 2 atom stereocenters. The molecule has 4 heteroatoms. The van der Waals surface area contributed by atoms with E-state index in [1.807, 2.05) is 4.90 Å². The van der Waals surface area contributed by atoms with Crippen LogP contribution in [0.4, 0.5) is 0 Å². The Hall–Kier alpha value is -0.610. The van der Waals surface area contributed by atoms with Gasteiger partial charge in [0.05, 0.1) is 6.04 Å². The van der Waals surface area contributed by atoms with E-state index in [1.165, 1.54) is 25.7 Å². The second kappa shape index (κ2) is 6.71. The summed E-state index contributed by atoms with van der Waals surface area (Å²) in [6.07, 6.45) is 6.42. The Morgan fingerprint density at radius 1 is 1.21 bits per heavy atom. The quantitative estimate of drug-likeness (QED) is 0.838. The van der Waals surface area contributed by atoms with Crippen molar-refractivity contribution in [1.82, 2.24) is 9.80 Å². The van der Waals surface area contributed by atoms with Crippen molar-refractivity contribution < 1.29 is 4.79 Å². The van der Waals surface area contributed by atoms with Gasteiger partial charge >= 0.3 is 0 Å². The fourth-order valence-corrected chi connectivity index (χ4v) is 3.29. The molecule has 1 saturated carbocycles. The second-order valence-electron chi connectivity index (χ2n) is 6.21. The molecule has 2 unspecified atom stereocenters. The Bertz CT molecular complexity index is 294. The van der Waals surface area contributed by atoms with Crippen molar-refractivity contribution in [3.8, 4) is 0 Å². The average Bonchev–Trinajstić information content (AvgIpc) is 2.99. The van der Waals surface area contributed by atoms with Crippen LogP contribution in [-0.2, 0) is 4.79 Å². The summed E-state index contributed by atoms with van der Waals surface area (Å²) < 4.78 is 0. The molecule has 1 amide bonds. The lowest BCUT2D eigenvalue weighted by molar-refractivity contribution is -0.135. The monoisotopic (exact) mass is 267 g/mol. The molecule has 1 heterocycles. The van der Waals surface area contributed by atoms with Crippen LogP contribution in [0.5, 0.6) is 0 Å². The van der Waals surface area contributed by atoms with Gasteiger partial charge in [-0.05, 0) is 18.8 Å². The summed E-state index contributed by atoms with van der Waals surface area (Å²) in [4.78, 5) is 16.9. The molecule has 2 fully saturated rings. The maximum atomic E-state index is 12.3. The van der Waals surface area contributed by atoms with Crippen LogP contribution in [-0.4, -0.2) is 54.0 Å². The van der Waals surface area contributed by atoms with Gasteiger partial charge in [0.1, 0.15) is 0 Å². The van der Waals surface area contributed by atoms with Crippen LogP contribution in [0.2, 0.25) is 0 Å². The van der Waals surface area contributed by atoms with Crippen molar-refractivity contribution in [2.75, 3.05) is 26.2 Å². The Kier molecular flexibility index (Phi) is 5.22. The van der Waals surface area contributed by atoms with Crippen LogP contribution >= 0.6 is 0 Å². The molecule has 2 rings (SSSR count). The first-order chi connectivity index (χ1) is 9.13. The summed E-state index contributed by atoms with van der Waals surface area (Å²) in [6, 6.07) is 0.462. The standard InChI is InChI=1S/C15H29N3O/c1-3-12(2)14(16)15(19)18-10-8-17(9-11-18)13-6-4-5-7-13/h12-14H,3-11,16H2,1-2H3. The lowest BCUT2D eigenvalue weighted by Gasteiger charge is -2.39. The van der Waals surface area contributed by atoms with E-state index in [0.29, 0.717) is 0 Å². The van der Waals surface area contributed by atoms with E-state index in [2.05, 4.69) is 18.7 Å². The van der Waals surface area contributed by atoms with Crippen molar-refractivity contribution in [2.45, 2.75) is 58.0 Å². The first kappa shape index (κ1) is 14.8. The summed E-state index contributed by atoms with van der Waals surface area (Å²) in [5, 5.41) is 0. The Morgan fingerprint density at radius 3 is 2.32 bits per heavy atom. The number of nitrogens with zero attached hydrogens (tertiary/aromatic N) is 2. The van der Waals surface area contributed by atoms with Gasteiger partial charge in [-0.1, -0.05) is 33.1 Å². The van der Waals surface area contributed by atoms with E-state index in [0.717, 1.165) is 38.6 Å². The molecule has 110 valence electrons. The summed E-state index contributed by atoms with van der Waals surface area (Å²) >= 11 is 0. The molecule has 1 saturated heterocycles. The predicted molar refractivity (Wildman–Crippen MR) is 77.8 cm³/mol. The van der Waals surface area contributed by atoms with Gasteiger partial charge in [-0.15, -0.1) is 0 Å². The number of piperazine rings is 1. The fraction of sp³-hybridized carbons (Fsp3) is 0.933. The van der Waals surface area contributed by atoms with Crippen LogP contribution in [0, 0.1) is 5.92 Å². The van der Waals surface area contributed by atoms with E-state index in [-0.39, 0.29) is 17.9 Å². The topological polar surface area (TPSA) is 49.6 Å². The fourth-order valence-electron chi connectivity index (χ4n) is 3.29. The molecule has 2 aliphatic rings. The third-order valence-corrected chi connectivity index (χ3v) is 5.01. The van der Waals surface area contributed by atoms with Gasteiger partial charge in [-0.2, -0.15) is 0 Å². The molecule has 2 N–H and O–H groups in total. The van der Waals surface area contributed by atoms with Crippen LogP contribution in [0.3, 0.4) is 0 Å². The summed E-state index contributed by atoms with van der Waals surface area (Å²) in [5.41, 5.74) is 6.05. The number of hydrogen-bond donors (Lipinski definition) is 1.